The van der Waals surface area contributed by atoms with Crippen LogP contribution in [0.5, 0.6) is 0 Å². The first-order valence-electron chi connectivity index (χ1n) is 8.07. The number of nitrogens with zero attached hydrogens (tertiary/aromatic N) is 2. The highest BCUT2D eigenvalue weighted by molar-refractivity contribution is 5.93. The summed E-state index contributed by atoms with van der Waals surface area (Å²) in [6, 6.07) is 7.83. The number of aryl methyl sites for hydroxylation is 2. The second-order valence-corrected chi connectivity index (χ2v) is 5.83. The van der Waals surface area contributed by atoms with Crippen LogP contribution in [0.1, 0.15) is 34.3 Å². The first kappa shape index (κ1) is 18.5. The zero-order valence-electron chi connectivity index (χ0n) is 15.0. The van der Waals surface area contributed by atoms with Crippen molar-refractivity contribution in [2.24, 2.45) is 0 Å². The van der Waals surface area contributed by atoms with Crippen LogP contribution in [-0.2, 0) is 22.5 Å². The predicted octanol–water partition coefficient (Wildman–Crippen LogP) is 2.08. The molecule has 2 aromatic rings. The van der Waals surface area contributed by atoms with Crippen LogP contribution in [0.15, 0.2) is 28.8 Å². The Morgan fingerprint density at radius 1 is 1.24 bits per heavy atom. The van der Waals surface area contributed by atoms with Crippen LogP contribution in [0, 0.1) is 6.92 Å². The Kier molecular flexibility index (Phi) is 6.16. The summed E-state index contributed by atoms with van der Waals surface area (Å²) < 4.78 is 10.0. The highest BCUT2D eigenvalue weighted by Gasteiger charge is 2.21. The number of carbonyl (C=O) groups is 2. The van der Waals surface area contributed by atoms with Crippen LogP contribution >= 0.6 is 0 Å². The summed E-state index contributed by atoms with van der Waals surface area (Å²) in [4.78, 5) is 25.9. The normalized spacial score (nSPS) is 10.4. The molecule has 25 heavy (non-hydrogen) atoms. The van der Waals surface area contributed by atoms with E-state index in [0.717, 1.165) is 11.3 Å². The molecule has 1 heterocycles. The predicted molar refractivity (Wildman–Crippen MR) is 93.5 cm³/mol. The number of hydrogen-bond donors (Lipinski definition) is 1. The zero-order chi connectivity index (χ0) is 18.4. The van der Waals surface area contributed by atoms with E-state index in [0.29, 0.717) is 30.0 Å². The summed E-state index contributed by atoms with van der Waals surface area (Å²) in [7, 11) is 3.93. The highest BCUT2D eigenvalue weighted by Crippen LogP contribution is 2.15. The van der Waals surface area contributed by atoms with E-state index in [2.05, 4.69) is 10.5 Å². The molecule has 7 nitrogen and oxygen atoms in total. The molecule has 0 saturated carbocycles. The van der Waals surface area contributed by atoms with Gasteiger partial charge in [-0.2, -0.15) is 0 Å². The summed E-state index contributed by atoms with van der Waals surface area (Å²) in [5.74, 6) is -0.568. The Morgan fingerprint density at radius 2 is 1.92 bits per heavy atom. The number of ether oxygens (including phenoxy) is 1. The van der Waals surface area contributed by atoms with Gasteiger partial charge in [-0.1, -0.05) is 24.2 Å². The van der Waals surface area contributed by atoms with Crippen LogP contribution < -0.4 is 10.2 Å². The molecule has 0 radical (unpaired) electrons. The van der Waals surface area contributed by atoms with E-state index in [1.54, 1.807) is 6.92 Å². The standard InChI is InChI=1S/C18H23N3O4/c1-5-15-17(12(2)25-20-15)18(23)24-11-16(22)19-10-13-6-8-14(9-7-13)21(3)4/h6-9H,5,10-11H2,1-4H3,(H,19,22). The van der Waals surface area contributed by atoms with Gasteiger partial charge in [0.15, 0.2) is 6.61 Å². The Balaban J connectivity index is 1.82. The SMILES string of the molecule is CCc1noc(C)c1C(=O)OCC(=O)NCc1ccc(N(C)C)cc1. The van der Waals surface area contributed by atoms with E-state index in [9.17, 15) is 9.59 Å². The van der Waals surface area contributed by atoms with Crippen molar-refractivity contribution < 1.29 is 18.8 Å². The van der Waals surface area contributed by atoms with Crippen molar-refractivity contribution in [1.29, 1.82) is 0 Å². The van der Waals surface area contributed by atoms with Crippen LogP contribution in [0.3, 0.4) is 0 Å². The summed E-state index contributed by atoms with van der Waals surface area (Å²) >= 11 is 0. The van der Waals surface area contributed by atoms with Gasteiger partial charge in [-0.25, -0.2) is 4.79 Å². The lowest BCUT2D eigenvalue weighted by Crippen LogP contribution is -2.28. The summed E-state index contributed by atoms with van der Waals surface area (Å²) in [6.45, 7) is 3.53. The minimum absolute atomic E-state index is 0.301. The number of benzene rings is 1. The fraction of sp³-hybridized carbons (Fsp3) is 0.389. The van der Waals surface area contributed by atoms with Gasteiger partial charge in [0.05, 0.1) is 5.69 Å². The van der Waals surface area contributed by atoms with Gasteiger partial charge in [0.25, 0.3) is 5.91 Å². The van der Waals surface area contributed by atoms with Crippen molar-refractivity contribution in [2.75, 3.05) is 25.6 Å². The molecule has 1 amide bonds. The molecule has 0 saturated heterocycles. The number of nitrogens with one attached hydrogen (secondary N) is 1. The van der Waals surface area contributed by atoms with Crippen molar-refractivity contribution in [2.45, 2.75) is 26.8 Å². The zero-order valence-corrected chi connectivity index (χ0v) is 15.0. The lowest BCUT2D eigenvalue weighted by atomic mass is 10.1. The number of rotatable bonds is 7. The molecular weight excluding hydrogens is 322 g/mol. The van der Waals surface area contributed by atoms with E-state index in [4.69, 9.17) is 9.26 Å². The third-order valence-corrected chi connectivity index (χ3v) is 3.75. The number of anilines is 1. The number of amides is 1. The molecule has 134 valence electrons. The maximum absolute atomic E-state index is 12.1. The molecule has 1 aromatic heterocycles. The molecular formula is C18H23N3O4. The fourth-order valence-electron chi connectivity index (χ4n) is 2.29. The Morgan fingerprint density at radius 3 is 2.52 bits per heavy atom. The molecule has 1 N–H and O–H groups in total. The molecule has 0 unspecified atom stereocenters. The maximum atomic E-state index is 12.1. The molecule has 0 spiro atoms. The van der Waals surface area contributed by atoms with Gasteiger partial charge in [-0.05, 0) is 31.0 Å². The van der Waals surface area contributed by atoms with Gasteiger partial charge in [0.1, 0.15) is 11.3 Å². The lowest BCUT2D eigenvalue weighted by molar-refractivity contribution is -0.124. The molecule has 0 aliphatic rings. The second-order valence-electron chi connectivity index (χ2n) is 5.83. The molecule has 0 fully saturated rings. The van der Waals surface area contributed by atoms with Crippen molar-refractivity contribution in [1.82, 2.24) is 10.5 Å². The van der Waals surface area contributed by atoms with Gasteiger partial charge in [-0.15, -0.1) is 0 Å². The van der Waals surface area contributed by atoms with Crippen LogP contribution in [0.4, 0.5) is 5.69 Å². The molecule has 1 aromatic carbocycles. The third-order valence-electron chi connectivity index (χ3n) is 3.75. The number of esters is 1. The quantitative estimate of drug-likeness (QED) is 0.774. The monoisotopic (exact) mass is 345 g/mol. The van der Waals surface area contributed by atoms with Crippen molar-refractivity contribution >= 4 is 17.6 Å². The molecule has 7 heteroatoms. The number of aromatic nitrogens is 1. The third kappa shape index (κ3) is 4.82. The lowest BCUT2D eigenvalue weighted by Gasteiger charge is -2.13. The van der Waals surface area contributed by atoms with Crippen LogP contribution in [0.25, 0.3) is 0 Å². The minimum Gasteiger partial charge on any atom is -0.452 e. The topological polar surface area (TPSA) is 84.7 Å². The molecule has 0 atom stereocenters. The average molecular weight is 345 g/mol. The van der Waals surface area contributed by atoms with Crippen LogP contribution in [0.2, 0.25) is 0 Å². The number of carbonyl (C=O) groups excluding carboxylic acids is 2. The van der Waals surface area contributed by atoms with E-state index in [1.807, 2.05) is 50.2 Å². The van der Waals surface area contributed by atoms with Gasteiger partial charge in [0, 0.05) is 26.3 Å². The summed E-state index contributed by atoms with van der Waals surface area (Å²) in [5.41, 5.74) is 2.88. The fourth-order valence-corrected chi connectivity index (χ4v) is 2.29. The second kappa shape index (κ2) is 8.32. The van der Waals surface area contributed by atoms with Crippen LogP contribution in [-0.4, -0.2) is 37.7 Å². The van der Waals surface area contributed by atoms with Gasteiger partial charge >= 0.3 is 5.97 Å². The minimum atomic E-state index is -0.596. The largest absolute Gasteiger partial charge is 0.452 e. The first-order valence-corrected chi connectivity index (χ1v) is 8.07. The molecule has 0 aliphatic heterocycles. The summed E-state index contributed by atoms with van der Waals surface area (Å²) in [6.07, 6.45) is 0.552. The molecule has 2 rings (SSSR count). The van der Waals surface area contributed by atoms with Crippen molar-refractivity contribution in [3.05, 3.63) is 46.8 Å². The Labute approximate surface area is 146 Å². The Hall–Kier alpha value is -2.83. The van der Waals surface area contributed by atoms with Gasteiger partial charge < -0.3 is 19.5 Å². The average Bonchev–Trinajstić information content (AvgIpc) is 2.99. The van der Waals surface area contributed by atoms with Crippen molar-refractivity contribution in [3.63, 3.8) is 0 Å². The number of hydrogen-bond acceptors (Lipinski definition) is 6. The first-order chi connectivity index (χ1) is 11.9. The highest BCUT2D eigenvalue weighted by atomic mass is 16.5. The maximum Gasteiger partial charge on any atom is 0.344 e. The smallest absolute Gasteiger partial charge is 0.344 e. The van der Waals surface area contributed by atoms with E-state index in [1.165, 1.54) is 0 Å². The van der Waals surface area contributed by atoms with Gasteiger partial charge in [0.2, 0.25) is 0 Å². The van der Waals surface area contributed by atoms with E-state index in [-0.39, 0.29) is 12.5 Å². The van der Waals surface area contributed by atoms with E-state index < -0.39 is 5.97 Å². The molecule has 0 bridgehead atoms. The Bertz CT molecular complexity index is 735. The summed E-state index contributed by atoms with van der Waals surface area (Å²) in [5, 5.41) is 6.52. The van der Waals surface area contributed by atoms with E-state index >= 15 is 0 Å². The molecule has 0 aliphatic carbocycles. The van der Waals surface area contributed by atoms with Crippen molar-refractivity contribution in [3.8, 4) is 0 Å². The van der Waals surface area contributed by atoms with Gasteiger partial charge in [-0.3, -0.25) is 4.79 Å².